The Kier molecular flexibility index (Phi) is 28.3. The van der Waals surface area contributed by atoms with Crippen LogP contribution in [0.1, 0.15) is 174 Å². The highest BCUT2D eigenvalue weighted by Gasteiger charge is 2.04. The summed E-state index contributed by atoms with van der Waals surface area (Å²) < 4.78 is 10.7. The van der Waals surface area contributed by atoms with Crippen LogP contribution in [0.25, 0.3) is 0 Å². The van der Waals surface area contributed by atoms with E-state index in [0.29, 0.717) is 26.1 Å². The van der Waals surface area contributed by atoms with Gasteiger partial charge in [0.2, 0.25) is 0 Å². The molecule has 4 heteroatoms. The topological polar surface area (TPSA) is 52.6 Å². The van der Waals surface area contributed by atoms with Crippen molar-refractivity contribution >= 4 is 11.9 Å². The highest BCUT2D eigenvalue weighted by Crippen LogP contribution is 2.12. The largest absolute Gasteiger partial charge is 0.466 e. The van der Waals surface area contributed by atoms with E-state index in [9.17, 15) is 9.59 Å². The second kappa shape index (κ2) is 29.2. The molecule has 0 spiro atoms. The summed E-state index contributed by atoms with van der Waals surface area (Å²) in [5, 5.41) is 0. The number of unbranched alkanes of at least 4 members (excludes halogenated alkanes) is 20. The molecular formula is C31H60O4. The molecule has 0 amide bonds. The predicted octanol–water partition coefficient (Wildman–Crippen LogP) is 9.87. The molecule has 0 heterocycles. The third-order valence-corrected chi connectivity index (χ3v) is 6.78. The lowest BCUT2D eigenvalue weighted by Crippen LogP contribution is -2.06. The van der Waals surface area contributed by atoms with Crippen LogP contribution in [0.4, 0.5) is 0 Å². The Labute approximate surface area is 218 Å². The number of hydrogen-bond donors (Lipinski definition) is 0. The second-order valence-corrected chi connectivity index (χ2v) is 10.4. The van der Waals surface area contributed by atoms with Gasteiger partial charge >= 0.3 is 11.9 Å². The SMILES string of the molecule is CCCCCCCCCCC(=O)OCCCCCCCCCOC(=O)CCCCCCCCCC. The van der Waals surface area contributed by atoms with E-state index in [1.165, 1.54) is 96.3 Å². The minimum Gasteiger partial charge on any atom is -0.466 e. The second-order valence-electron chi connectivity index (χ2n) is 10.4. The molecule has 208 valence electrons. The molecule has 0 radical (unpaired) electrons. The van der Waals surface area contributed by atoms with Gasteiger partial charge in [-0.2, -0.15) is 0 Å². The fourth-order valence-corrected chi connectivity index (χ4v) is 4.41. The normalized spacial score (nSPS) is 11.0. The standard InChI is InChI=1S/C31H60O4/c1-3-5-7-9-11-14-18-22-26-30(32)34-28-24-20-16-13-17-21-25-29-35-31(33)27-23-19-15-12-10-8-6-4-2/h3-29H2,1-2H3. The number of hydrogen-bond acceptors (Lipinski definition) is 4. The molecule has 0 atom stereocenters. The van der Waals surface area contributed by atoms with Crippen LogP contribution in [0.3, 0.4) is 0 Å². The van der Waals surface area contributed by atoms with Gasteiger partial charge in [-0.25, -0.2) is 0 Å². The lowest BCUT2D eigenvalue weighted by Gasteiger charge is -2.06. The van der Waals surface area contributed by atoms with Gasteiger partial charge < -0.3 is 9.47 Å². The van der Waals surface area contributed by atoms with Crippen LogP contribution in [0, 0.1) is 0 Å². The van der Waals surface area contributed by atoms with E-state index in [4.69, 9.17) is 9.47 Å². The van der Waals surface area contributed by atoms with Crippen molar-refractivity contribution in [3.63, 3.8) is 0 Å². The van der Waals surface area contributed by atoms with Crippen molar-refractivity contribution in [1.29, 1.82) is 0 Å². The molecule has 0 aliphatic rings. The van der Waals surface area contributed by atoms with E-state index in [2.05, 4.69) is 13.8 Å². The Hall–Kier alpha value is -1.06. The Morgan fingerprint density at radius 1 is 0.371 bits per heavy atom. The predicted molar refractivity (Wildman–Crippen MR) is 149 cm³/mol. The van der Waals surface area contributed by atoms with Crippen molar-refractivity contribution in [3.05, 3.63) is 0 Å². The van der Waals surface area contributed by atoms with E-state index < -0.39 is 0 Å². The van der Waals surface area contributed by atoms with Crippen molar-refractivity contribution < 1.29 is 19.1 Å². The number of rotatable bonds is 28. The van der Waals surface area contributed by atoms with Gasteiger partial charge in [-0.05, 0) is 25.7 Å². The van der Waals surface area contributed by atoms with E-state index >= 15 is 0 Å². The Morgan fingerprint density at radius 2 is 0.629 bits per heavy atom. The summed E-state index contributed by atoms with van der Waals surface area (Å²) in [4.78, 5) is 23.5. The molecule has 35 heavy (non-hydrogen) atoms. The molecule has 0 rings (SSSR count). The molecule has 0 aromatic rings. The van der Waals surface area contributed by atoms with Crippen LogP contribution in [-0.4, -0.2) is 25.2 Å². The van der Waals surface area contributed by atoms with Crippen LogP contribution < -0.4 is 0 Å². The molecule has 0 saturated heterocycles. The van der Waals surface area contributed by atoms with Gasteiger partial charge in [0.05, 0.1) is 13.2 Å². The maximum atomic E-state index is 11.8. The average molecular weight is 497 g/mol. The lowest BCUT2D eigenvalue weighted by atomic mass is 10.1. The summed E-state index contributed by atoms with van der Waals surface area (Å²) in [6.45, 7) is 5.64. The van der Waals surface area contributed by atoms with Crippen LogP contribution in [0.2, 0.25) is 0 Å². The molecule has 4 nitrogen and oxygen atoms in total. The highest BCUT2D eigenvalue weighted by atomic mass is 16.5. The maximum absolute atomic E-state index is 11.8. The molecular weight excluding hydrogens is 436 g/mol. The van der Waals surface area contributed by atoms with Gasteiger partial charge in [0.15, 0.2) is 0 Å². The Bertz CT molecular complexity index is 409. The molecule has 0 unspecified atom stereocenters. The first-order chi connectivity index (χ1) is 17.2. The fraction of sp³-hybridized carbons (Fsp3) is 0.935. The molecule has 0 aromatic carbocycles. The van der Waals surface area contributed by atoms with Gasteiger partial charge in [0.25, 0.3) is 0 Å². The zero-order valence-corrected chi connectivity index (χ0v) is 23.7. The first-order valence-electron chi connectivity index (χ1n) is 15.5. The molecule has 0 fully saturated rings. The highest BCUT2D eigenvalue weighted by molar-refractivity contribution is 5.69. The zero-order chi connectivity index (χ0) is 25.7. The van der Waals surface area contributed by atoms with Crippen molar-refractivity contribution in [2.24, 2.45) is 0 Å². The zero-order valence-electron chi connectivity index (χ0n) is 23.7. The lowest BCUT2D eigenvalue weighted by molar-refractivity contribution is -0.144. The van der Waals surface area contributed by atoms with Crippen LogP contribution in [-0.2, 0) is 19.1 Å². The van der Waals surface area contributed by atoms with Crippen molar-refractivity contribution in [1.82, 2.24) is 0 Å². The van der Waals surface area contributed by atoms with Gasteiger partial charge in [0.1, 0.15) is 0 Å². The van der Waals surface area contributed by atoms with Crippen LogP contribution in [0.15, 0.2) is 0 Å². The van der Waals surface area contributed by atoms with E-state index in [1.54, 1.807) is 0 Å². The monoisotopic (exact) mass is 496 g/mol. The third kappa shape index (κ3) is 29.1. The van der Waals surface area contributed by atoms with Crippen molar-refractivity contribution in [2.75, 3.05) is 13.2 Å². The summed E-state index contributed by atoms with van der Waals surface area (Å²) in [6.07, 6.45) is 29.0. The van der Waals surface area contributed by atoms with Gasteiger partial charge in [-0.15, -0.1) is 0 Å². The summed E-state index contributed by atoms with van der Waals surface area (Å²) in [5.74, 6) is -0.0409. The molecule has 0 aliphatic heterocycles. The molecule has 0 aliphatic carbocycles. The summed E-state index contributed by atoms with van der Waals surface area (Å²) in [5.41, 5.74) is 0. The molecule has 0 N–H and O–H groups in total. The van der Waals surface area contributed by atoms with E-state index in [0.717, 1.165) is 51.4 Å². The summed E-state index contributed by atoms with van der Waals surface area (Å²) in [7, 11) is 0. The Balaban J connectivity index is 3.23. The smallest absolute Gasteiger partial charge is 0.305 e. The van der Waals surface area contributed by atoms with E-state index in [1.807, 2.05) is 0 Å². The van der Waals surface area contributed by atoms with Crippen molar-refractivity contribution in [3.8, 4) is 0 Å². The molecule has 0 bridgehead atoms. The number of carbonyl (C=O) groups excluding carboxylic acids is 2. The van der Waals surface area contributed by atoms with Gasteiger partial charge in [-0.3, -0.25) is 9.59 Å². The number of esters is 2. The maximum Gasteiger partial charge on any atom is 0.305 e. The molecule has 0 aromatic heterocycles. The first-order valence-corrected chi connectivity index (χ1v) is 15.5. The van der Waals surface area contributed by atoms with Gasteiger partial charge in [-0.1, -0.05) is 136 Å². The summed E-state index contributed by atoms with van der Waals surface area (Å²) in [6, 6.07) is 0. The minimum atomic E-state index is -0.0204. The number of carbonyl (C=O) groups is 2. The fourth-order valence-electron chi connectivity index (χ4n) is 4.41. The third-order valence-electron chi connectivity index (χ3n) is 6.78. The van der Waals surface area contributed by atoms with E-state index in [-0.39, 0.29) is 11.9 Å². The average Bonchev–Trinajstić information content (AvgIpc) is 2.85. The molecule has 0 saturated carbocycles. The Morgan fingerprint density at radius 3 is 0.943 bits per heavy atom. The number of ether oxygens (including phenoxy) is 2. The first kappa shape index (κ1) is 33.9. The minimum absolute atomic E-state index is 0.0204. The van der Waals surface area contributed by atoms with Gasteiger partial charge in [0, 0.05) is 12.8 Å². The van der Waals surface area contributed by atoms with Crippen LogP contribution in [0.5, 0.6) is 0 Å². The summed E-state index contributed by atoms with van der Waals surface area (Å²) >= 11 is 0. The van der Waals surface area contributed by atoms with Crippen LogP contribution >= 0.6 is 0 Å². The quantitative estimate of drug-likeness (QED) is 0.0798. The van der Waals surface area contributed by atoms with Crippen molar-refractivity contribution in [2.45, 2.75) is 174 Å².